The van der Waals surface area contributed by atoms with E-state index < -0.39 is 0 Å². The van der Waals surface area contributed by atoms with Crippen LogP contribution in [0.1, 0.15) is 132 Å². The Morgan fingerprint density at radius 1 is 0.415 bits per heavy atom. The molecule has 8 rings (SSSR count). The van der Waals surface area contributed by atoms with Crippen molar-refractivity contribution in [1.82, 2.24) is 0 Å². The Bertz CT molecular complexity index is 881. The van der Waals surface area contributed by atoms with Gasteiger partial charge >= 0.3 is 17.4 Å². The molecule has 0 aliphatic heterocycles. The van der Waals surface area contributed by atoms with Gasteiger partial charge in [0.1, 0.15) is 0 Å². The fraction of sp³-hybridized carbons (Fsp3) is 0.700. The van der Waals surface area contributed by atoms with Crippen LogP contribution in [0.25, 0.3) is 0 Å². The predicted octanol–water partition coefficient (Wildman–Crippen LogP) is 11.8. The van der Waals surface area contributed by atoms with Gasteiger partial charge in [0.15, 0.2) is 0 Å². The summed E-state index contributed by atoms with van der Waals surface area (Å²) in [5.41, 5.74) is 7.54. The molecule has 8 saturated carbocycles. The first-order chi connectivity index (χ1) is 18.5. The second kappa shape index (κ2) is 11.4. The molecule has 41 heavy (non-hydrogen) atoms. The molecule has 0 aromatic carbocycles. The molecule has 8 fully saturated rings. The van der Waals surface area contributed by atoms with E-state index in [0.29, 0.717) is 21.7 Å². The summed E-state index contributed by atoms with van der Waals surface area (Å²) < 4.78 is 0. The van der Waals surface area contributed by atoms with Gasteiger partial charge in [-0.1, -0.05) is 105 Å². The molecular weight excluding hydrogens is 532 g/mol. The van der Waals surface area contributed by atoms with E-state index in [4.69, 9.17) is 0 Å². The van der Waals surface area contributed by atoms with Crippen molar-refractivity contribution in [2.24, 2.45) is 45.3 Å². The van der Waals surface area contributed by atoms with E-state index >= 15 is 0 Å². The zero-order valence-electron chi connectivity index (χ0n) is 28.0. The molecular formula is C40H60Cr. The van der Waals surface area contributed by atoms with Crippen LogP contribution < -0.4 is 0 Å². The first-order valence-corrected chi connectivity index (χ1v) is 16.7. The van der Waals surface area contributed by atoms with Gasteiger partial charge in [-0.15, -0.1) is 70.3 Å². The van der Waals surface area contributed by atoms with Gasteiger partial charge in [0.2, 0.25) is 0 Å². The van der Waals surface area contributed by atoms with Crippen LogP contribution >= 0.6 is 0 Å². The summed E-state index contributed by atoms with van der Waals surface area (Å²) >= 11 is 0. The van der Waals surface area contributed by atoms with Crippen molar-refractivity contribution < 1.29 is 17.4 Å². The van der Waals surface area contributed by atoms with Gasteiger partial charge in [0.05, 0.1) is 0 Å². The van der Waals surface area contributed by atoms with Crippen LogP contribution in [0.5, 0.6) is 0 Å². The fourth-order valence-electron chi connectivity index (χ4n) is 9.81. The van der Waals surface area contributed by atoms with E-state index in [1.165, 1.54) is 99.3 Å². The largest absolute Gasteiger partial charge is 4.00 e. The number of rotatable bonds is 0. The molecule has 1 heteroatoms. The van der Waals surface area contributed by atoms with E-state index in [-0.39, 0.29) is 17.4 Å². The minimum Gasteiger partial charge on any atom is -0.304 e. The zero-order valence-corrected chi connectivity index (χ0v) is 29.3. The van der Waals surface area contributed by atoms with Crippen molar-refractivity contribution in [2.75, 3.05) is 0 Å². The third kappa shape index (κ3) is 5.61. The third-order valence-corrected chi connectivity index (χ3v) is 13.9. The van der Waals surface area contributed by atoms with Gasteiger partial charge in [-0.2, -0.15) is 51.4 Å². The van der Waals surface area contributed by atoms with Crippen LogP contribution in [0.3, 0.4) is 0 Å². The molecule has 0 heterocycles. The summed E-state index contributed by atoms with van der Waals surface area (Å²) in [6.45, 7) is 35.3. The molecule has 0 aromatic heterocycles. The van der Waals surface area contributed by atoms with Gasteiger partial charge in [-0.25, -0.2) is 0 Å². The topological polar surface area (TPSA) is 0 Å². The van der Waals surface area contributed by atoms with Gasteiger partial charge in [-0.3, -0.25) is 0 Å². The third-order valence-electron chi connectivity index (χ3n) is 13.9. The zero-order chi connectivity index (χ0) is 29.4. The number of hydrogen-bond donors (Lipinski definition) is 0. The number of hydrogen-bond acceptors (Lipinski definition) is 0. The minimum atomic E-state index is 0. The van der Waals surface area contributed by atoms with Crippen molar-refractivity contribution in [3.8, 4) is 0 Å². The number of allylic oxidation sites excluding steroid dienone is 4. The standard InChI is InChI=1S/4C10H15.Cr/c4*1-7-8-4-5-9(6-8)10(7,2)3;/h4*8H,1,4-6H2,2-3H3;/q4*-1;+4. The van der Waals surface area contributed by atoms with E-state index in [1.54, 1.807) is 23.7 Å². The Balaban J connectivity index is 0.000000125. The molecule has 8 aliphatic carbocycles. The van der Waals surface area contributed by atoms with Crippen LogP contribution in [-0.2, 0) is 17.4 Å². The van der Waals surface area contributed by atoms with E-state index in [9.17, 15) is 0 Å². The average molecular weight is 593 g/mol. The van der Waals surface area contributed by atoms with Crippen molar-refractivity contribution in [1.29, 1.82) is 0 Å². The van der Waals surface area contributed by atoms with Gasteiger partial charge in [0.25, 0.3) is 0 Å². The Morgan fingerprint density at radius 3 is 0.659 bits per heavy atom. The van der Waals surface area contributed by atoms with E-state index in [2.05, 4.69) is 81.7 Å². The molecule has 0 spiro atoms. The first kappa shape index (κ1) is 33.4. The smallest absolute Gasteiger partial charge is 0.304 e. The van der Waals surface area contributed by atoms with Crippen molar-refractivity contribution >= 4 is 0 Å². The second-order valence-corrected chi connectivity index (χ2v) is 16.8. The fourth-order valence-corrected chi connectivity index (χ4v) is 9.81. The quantitative estimate of drug-likeness (QED) is 0.194. The van der Waals surface area contributed by atoms with Crippen LogP contribution in [0.15, 0.2) is 48.6 Å². The van der Waals surface area contributed by atoms with Crippen LogP contribution in [0, 0.1) is 69.0 Å². The predicted molar refractivity (Wildman–Crippen MR) is 174 cm³/mol. The molecule has 0 nitrogen and oxygen atoms in total. The summed E-state index contributed by atoms with van der Waals surface area (Å²) in [4.78, 5) is 0. The van der Waals surface area contributed by atoms with Gasteiger partial charge in [0, 0.05) is 0 Å². The average Bonchev–Trinajstić information content (AvgIpc) is 3.74. The van der Waals surface area contributed by atoms with Crippen LogP contribution in [-0.4, -0.2) is 0 Å². The van der Waals surface area contributed by atoms with Crippen LogP contribution in [0.2, 0.25) is 0 Å². The summed E-state index contributed by atoms with van der Waals surface area (Å²) in [5.74, 6) is 10.4. The molecule has 0 aromatic rings. The first-order valence-electron chi connectivity index (χ1n) is 16.7. The molecule has 8 aliphatic rings. The second-order valence-electron chi connectivity index (χ2n) is 16.8. The van der Waals surface area contributed by atoms with Crippen molar-refractivity contribution in [3.05, 3.63) is 72.3 Å². The van der Waals surface area contributed by atoms with Gasteiger partial charge in [-0.05, 0) is 0 Å². The SMILES string of the molecule is C=C1C2CC[C-](C2)C1(C)C.C=C1C2CC[C-](C2)C1(C)C.C=C1C2CC[C-](C2)C1(C)C.C=C1C2CC[C-](C2)C1(C)C.[Cr+4]. The van der Waals surface area contributed by atoms with Crippen LogP contribution in [0.4, 0.5) is 0 Å². The Kier molecular flexibility index (Phi) is 9.32. The maximum atomic E-state index is 4.17. The summed E-state index contributed by atoms with van der Waals surface area (Å²) in [7, 11) is 0. The molecule has 226 valence electrons. The summed E-state index contributed by atoms with van der Waals surface area (Å²) in [6, 6.07) is 0. The molecule has 0 amide bonds. The number of fused-ring (bicyclic) bond motifs is 8. The minimum absolute atomic E-state index is 0. The maximum absolute atomic E-state index is 4.17. The Labute approximate surface area is 266 Å². The summed E-state index contributed by atoms with van der Waals surface area (Å²) in [6.07, 6.45) is 16.4. The van der Waals surface area contributed by atoms with E-state index in [1.807, 2.05) is 0 Å². The molecule has 0 N–H and O–H groups in total. The van der Waals surface area contributed by atoms with Gasteiger partial charge < -0.3 is 23.7 Å². The molecule has 0 radical (unpaired) electrons. The maximum Gasteiger partial charge on any atom is 4.00 e. The normalized spacial score (nSPS) is 36.5. The Hall–Kier alpha value is -0.508. The summed E-state index contributed by atoms with van der Waals surface area (Å²) in [5, 5.41) is 0. The molecule has 4 unspecified atom stereocenters. The van der Waals surface area contributed by atoms with Crippen molar-refractivity contribution in [3.63, 3.8) is 0 Å². The van der Waals surface area contributed by atoms with E-state index in [0.717, 1.165) is 23.7 Å². The molecule has 0 saturated heterocycles. The molecule has 8 bridgehead atoms. The monoisotopic (exact) mass is 592 g/mol. The van der Waals surface area contributed by atoms with Crippen molar-refractivity contribution in [2.45, 2.75) is 132 Å². The Morgan fingerprint density at radius 2 is 0.585 bits per heavy atom. The molecule has 4 atom stereocenters.